The molecule has 0 amide bonds. The van der Waals surface area contributed by atoms with E-state index in [2.05, 4.69) is 16.9 Å². The molecule has 1 aromatic heterocycles. The van der Waals surface area contributed by atoms with Crippen LogP contribution in [-0.4, -0.2) is 29.0 Å². The summed E-state index contributed by atoms with van der Waals surface area (Å²) in [6, 6.07) is 5.01. The van der Waals surface area contributed by atoms with Crippen LogP contribution in [0.1, 0.15) is 31.2 Å². The quantitative estimate of drug-likeness (QED) is 0.842. The Morgan fingerprint density at radius 2 is 2.12 bits per heavy atom. The molecule has 0 aromatic carbocycles. The second kappa shape index (κ2) is 5.80. The summed E-state index contributed by atoms with van der Waals surface area (Å²) in [6.45, 7) is 0.868. The van der Waals surface area contributed by atoms with Crippen molar-refractivity contribution in [1.29, 1.82) is 0 Å². The van der Waals surface area contributed by atoms with E-state index in [4.69, 9.17) is 17.3 Å². The summed E-state index contributed by atoms with van der Waals surface area (Å²) in [5.41, 5.74) is 7.03. The Hall–Kier alpha value is -0.640. The lowest BCUT2D eigenvalue weighted by Crippen LogP contribution is -2.38. The molecule has 1 aliphatic rings. The maximum Gasteiger partial charge on any atom is 0.133 e. The van der Waals surface area contributed by atoms with E-state index in [-0.39, 0.29) is 0 Å². The maximum absolute atomic E-state index is 6.07. The van der Waals surface area contributed by atoms with Gasteiger partial charge in [0.05, 0.1) is 0 Å². The number of halogens is 1. The molecule has 4 heteroatoms. The van der Waals surface area contributed by atoms with Crippen molar-refractivity contribution in [2.45, 2.75) is 44.3 Å². The van der Waals surface area contributed by atoms with Gasteiger partial charge in [-0.1, -0.05) is 17.7 Å². The van der Waals surface area contributed by atoms with E-state index in [0.29, 0.717) is 17.2 Å². The van der Waals surface area contributed by atoms with Crippen molar-refractivity contribution in [3.63, 3.8) is 0 Å². The van der Waals surface area contributed by atoms with Crippen molar-refractivity contribution in [3.8, 4) is 0 Å². The topological polar surface area (TPSA) is 42.2 Å². The molecule has 0 atom stereocenters. The Balaban J connectivity index is 1.93. The van der Waals surface area contributed by atoms with E-state index in [9.17, 15) is 0 Å². The molecule has 0 saturated heterocycles. The van der Waals surface area contributed by atoms with Crippen molar-refractivity contribution in [2.75, 3.05) is 7.05 Å². The third-order valence-corrected chi connectivity index (χ3v) is 3.96. The van der Waals surface area contributed by atoms with Crippen LogP contribution in [0.15, 0.2) is 18.3 Å². The maximum atomic E-state index is 6.07. The van der Waals surface area contributed by atoms with Crippen molar-refractivity contribution in [2.24, 2.45) is 5.73 Å². The molecule has 2 N–H and O–H groups in total. The molecule has 0 spiro atoms. The molecular weight excluding hydrogens is 234 g/mol. The van der Waals surface area contributed by atoms with Crippen LogP contribution in [0, 0.1) is 0 Å². The predicted molar refractivity (Wildman–Crippen MR) is 70.9 cm³/mol. The van der Waals surface area contributed by atoms with E-state index in [1.807, 2.05) is 12.1 Å². The molecule has 2 rings (SSSR count). The first kappa shape index (κ1) is 12.8. The van der Waals surface area contributed by atoms with Crippen LogP contribution in [0.3, 0.4) is 0 Å². The zero-order valence-electron chi connectivity index (χ0n) is 10.3. The molecule has 1 heterocycles. The highest BCUT2D eigenvalue weighted by atomic mass is 35.5. The number of aromatic nitrogens is 1. The van der Waals surface area contributed by atoms with Crippen LogP contribution >= 0.6 is 11.6 Å². The summed E-state index contributed by atoms with van der Waals surface area (Å²) in [7, 11) is 2.16. The molecule has 0 radical (unpaired) electrons. The summed E-state index contributed by atoms with van der Waals surface area (Å²) in [5.74, 6) is 0. The summed E-state index contributed by atoms with van der Waals surface area (Å²) >= 11 is 6.07. The van der Waals surface area contributed by atoms with E-state index in [1.54, 1.807) is 6.20 Å². The Bertz CT molecular complexity index is 361. The average Bonchev–Trinajstić information content (AvgIpc) is 2.33. The first-order chi connectivity index (χ1) is 8.16. The monoisotopic (exact) mass is 253 g/mol. The van der Waals surface area contributed by atoms with E-state index >= 15 is 0 Å². The van der Waals surface area contributed by atoms with Gasteiger partial charge in [-0.05, 0) is 38.8 Å². The standard InChI is InChI=1S/C13H20ClN3/c1-17(12-6-4-11(15)5-7-12)9-10-3-2-8-16-13(10)14/h2-3,8,11-12H,4-7,9,15H2,1H3. The minimum atomic E-state index is 0.404. The number of pyridine rings is 1. The van der Waals surface area contributed by atoms with Gasteiger partial charge in [0.15, 0.2) is 0 Å². The number of hydrogen-bond acceptors (Lipinski definition) is 3. The molecule has 1 fully saturated rings. The predicted octanol–water partition coefficient (Wildman–Crippen LogP) is 2.44. The second-order valence-electron chi connectivity index (χ2n) is 4.94. The highest BCUT2D eigenvalue weighted by Crippen LogP contribution is 2.23. The van der Waals surface area contributed by atoms with E-state index in [1.165, 1.54) is 12.8 Å². The first-order valence-corrected chi connectivity index (χ1v) is 6.60. The summed E-state index contributed by atoms with van der Waals surface area (Å²) in [6.07, 6.45) is 6.38. The Morgan fingerprint density at radius 3 is 2.76 bits per heavy atom. The van der Waals surface area contributed by atoms with Gasteiger partial charge in [0.25, 0.3) is 0 Å². The lowest BCUT2D eigenvalue weighted by molar-refractivity contribution is 0.176. The van der Waals surface area contributed by atoms with Gasteiger partial charge in [-0.3, -0.25) is 4.90 Å². The molecule has 0 unspecified atom stereocenters. The molecule has 0 bridgehead atoms. The van der Waals surface area contributed by atoms with E-state index < -0.39 is 0 Å². The van der Waals surface area contributed by atoms with Gasteiger partial charge < -0.3 is 5.73 Å². The molecule has 17 heavy (non-hydrogen) atoms. The van der Waals surface area contributed by atoms with Gasteiger partial charge in [-0.15, -0.1) is 0 Å². The first-order valence-electron chi connectivity index (χ1n) is 6.22. The number of hydrogen-bond donors (Lipinski definition) is 1. The molecular formula is C13H20ClN3. The minimum absolute atomic E-state index is 0.404. The average molecular weight is 254 g/mol. The molecule has 1 aromatic rings. The molecule has 3 nitrogen and oxygen atoms in total. The minimum Gasteiger partial charge on any atom is -0.328 e. The van der Waals surface area contributed by atoms with Gasteiger partial charge in [-0.2, -0.15) is 0 Å². The van der Waals surface area contributed by atoms with Crippen LogP contribution in [0.4, 0.5) is 0 Å². The SMILES string of the molecule is CN(Cc1cccnc1Cl)C1CCC(N)CC1. The van der Waals surface area contributed by atoms with Crippen molar-refractivity contribution < 1.29 is 0 Å². The molecule has 1 aliphatic carbocycles. The summed E-state index contributed by atoms with van der Waals surface area (Å²) < 4.78 is 0. The second-order valence-corrected chi connectivity index (χ2v) is 5.30. The third-order valence-electron chi connectivity index (χ3n) is 3.62. The summed E-state index contributed by atoms with van der Waals surface area (Å²) in [4.78, 5) is 6.48. The zero-order valence-corrected chi connectivity index (χ0v) is 11.0. The van der Waals surface area contributed by atoms with Gasteiger partial charge in [-0.25, -0.2) is 4.98 Å². The van der Waals surface area contributed by atoms with Crippen molar-refractivity contribution >= 4 is 11.6 Å². The van der Waals surface area contributed by atoms with Crippen LogP contribution in [0.25, 0.3) is 0 Å². The fourth-order valence-corrected chi connectivity index (χ4v) is 2.66. The molecule has 0 aliphatic heterocycles. The zero-order chi connectivity index (χ0) is 12.3. The van der Waals surface area contributed by atoms with Crippen molar-refractivity contribution in [1.82, 2.24) is 9.88 Å². The van der Waals surface area contributed by atoms with Crippen LogP contribution in [0.2, 0.25) is 5.15 Å². The van der Waals surface area contributed by atoms with E-state index in [0.717, 1.165) is 24.9 Å². The normalized spacial score (nSPS) is 25.2. The van der Waals surface area contributed by atoms with Crippen LogP contribution < -0.4 is 5.73 Å². The van der Waals surface area contributed by atoms with Crippen molar-refractivity contribution in [3.05, 3.63) is 29.0 Å². The number of nitrogens with two attached hydrogens (primary N) is 1. The van der Waals surface area contributed by atoms with Gasteiger partial charge in [0.1, 0.15) is 5.15 Å². The lowest BCUT2D eigenvalue weighted by atomic mass is 9.91. The Morgan fingerprint density at radius 1 is 1.41 bits per heavy atom. The Kier molecular flexibility index (Phi) is 4.37. The van der Waals surface area contributed by atoms with Gasteiger partial charge in [0.2, 0.25) is 0 Å². The van der Waals surface area contributed by atoms with Gasteiger partial charge >= 0.3 is 0 Å². The number of nitrogens with zero attached hydrogens (tertiary/aromatic N) is 2. The number of rotatable bonds is 3. The van der Waals surface area contributed by atoms with Crippen LogP contribution in [-0.2, 0) is 6.54 Å². The third kappa shape index (κ3) is 3.41. The molecule has 1 saturated carbocycles. The fourth-order valence-electron chi connectivity index (χ4n) is 2.48. The largest absolute Gasteiger partial charge is 0.328 e. The van der Waals surface area contributed by atoms with Crippen LogP contribution in [0.5, 0.6) is 0 Å². The Labute approximate surface area is 108 Å². The summed E-state index contributed by atoms with van der Waals surface area (Å²) in [5, 5.41) is 0.617. The smallest absolute Gasteiger partial charge is 0.133 e. The fraction of sp³-hybridized carbons (Fsp3) is 0.615. The lowest BCUT2D eigenvalue weighted by Gasteiger charge is -2.33. The molecule has 94 valence electrons. The highest BCUT2D eigenvalue weighted by Gasteiger charge is 2.22. The van der Waals surface area contributed by atoms with Gasteiger partial charge in [0, 0.05) is 30.4 Å². The highest BCUT2D eigenvalue weighted by molar-refractivity contribution is 6.30.